The van der Waals surface area contributed by atoms with Crippen LogP contribution in [0.5, 0.6) is 0 Å². The molecule has 0 bridgehead atoms. The summed E-state index contributed by atoms with van der Waals surface area (Å²) in [5.74, 6) is 0.110. The van der Waals surface area contributed by atoms with Crippen molar-refractivity contribution in [1.29, 1.82) is 0 Å². The zero-order chi connectivity index (χ0) is 16.2. The van der Waals surface area contributed by atoms with E-state index >= 15 is 0 Å². The molecular formula is C20H33NO2. The fraction of sp³-hybridized carbons (Fsp3) is 0.600. The fourth-order valence-electron chi connectivity index (χ4n) is 3.19. The number of hydrogen-bond acceptors (Lipinski definition) is 2. The summed E-state index contributed by atoms with van der Waals surface area (Å²) in [5.41, 5.74) is 1.08. The van der Waals surface area contributed by atoms with Gasteiger partial charge >= 0.3 is 5.97 Å². The van der Waals surface area contributed by atoms with Crippen molar-refractivity contribution in [3.05, 3.63) is 43.3 Å². The lowest BCUT2D eigenvalue weighted by Gasteiger charge is -2.37. The summed E-state index contributed by atoms with van der Waals surface area (Å²) in [5, 5.41) is 0. The summed E-state index contributed by atoms with van der Waals surface area (Å²) in [6.07, 6.45) is 3.01. The summed E-state index contributed by atoms with van der Waals surface area (Å²) >= 11 is 0. The third-order valence-corrected chi connectivity index (χ3v) is 5.02. The molecule has 0 amide bonds. The van der Waals surface area contributed by atoms with Crippen LogP contribution in [0, 0.1) is 13.3 Å². The molecule has 1 aliphatic rings. The molecule has 0 aromatic heterocycles. The Labute approximate surface area is 142 Å². The van der Waals surface area contributed by atoms with Gasteiger partial charge in [-0.3, -0.25) is 4.79 Å². The summed E-state index contributed by atoms with van der Waals surface area (Å²) in [4.78, 5) is 12.7. The van der Waals surface area contributed by atoms with Crippen LogP contribution in [0.2, 0.25) is 0 Å². The molecule has 23 heavy (non-hydrogen) atoms. The Balaban J connectivity index is 0.00000264. The first-order chi connectivity index (χ1) is 10.4. The maximum Gasteiger partial charge on any atom is 0.313 e. The Kier molecular flexibility index (Phi) is 7.27. The third kappa shape index (κ3) is 5.35. The Hall–Kier alpha value is -1.35. The van der Waals surface area contributed by atoms with Crippen LogP contribution in [0.4, 0.5) is 0 Å². The molecule has 1 heterocycles. The first kappa shape index (κ1) is 19.7. The number of ether oxygens (including phenoxy) is 1. The minimum absolute atomic E-state index is 0. The van der Waals surface area contributed by atoms with E-state index in [0.717, 1.165) is 42.4 Å². The van der Waals surface area contributed by atoms with Gasteiger partial charge in [-0.2, -0.15) is 0 Å². The van der Waals surface area contributed by atoms with Gasteiger partial charge in [0, 0.05) is 12.8 Å². The molecule has 2 unspecified atom stereocenters. The van der Waals surface area contributed by atoms with Crippen molar-refractivity contribution in [2.75, 3.05) is 27.2 Å². The first-order valence-corrected chi connectivity index (χ1v) is 8.50. The van der Waals surface area contributed by atoms with Gasteiger partial charge in [-0.05, 0) is 11.5 Å². The van der Waals surface area contributed by atoms with E-state index < -0.39 is 0 Å². The lowest BCUT2D eigenvalue weighted by molar-refractivity contribution is -0.896. The average molecular weight is 319 g/mol. The van der Waals surface area contributed by atoms with Crippen LogP contribution < -0.4 is 0 Å². The van der Waals surface area contributed by atoms with Crippen LogP contribution in [0.3, 0.4) is 0 Å². The molecule has 2 atom stereocenters. The number of benzene rings is 1. The summed E-state index contributed by atoms with van der Waals surface area (Å²) in [6.45, 7) is 6.43. The second-order valence-electron chi connectivity index (χ2n) is 7.29. The number of hydrogen-bond donors (Lipinski definition) is 0. The van der Waals surface area contributed by atoms with E-state index in [-0.39, 0.29) is 25.4 Å². The molecule has 3 nitrogen and oxygen atoms in total. The Morgan fingerprint density at radius 1 is 1.22 bits per heavy atom. The van der Waals surface area contributed by atoms with Gasteiger partial charge in [0.05, 0.1) is 33.1 Å². The molecule has 0 aliphatic carbocycles. The monoisotopic (exact) mass is 319 g/mol. The maximum absolute atomic E-state index is 12.7. The standard InChI is InChI=1S/C19H30NO2.CH3/c1-5-15(2)18(16-9-7-6-8-10-16)19(21)22-17-11-13-20(3,4)14-12-17;/h6-10,15,17-18H,5,11-14H2,1-4H3;1H3/q+1;-1. The zero-order valence-electron chi connectivity index (χ0n) is 15.4. The van der Waals surface area contributed by atoms with Crippen molar-refractivity contribution < 1.29 is 14.0 Å². The van der Waals surface area contributed by atoms with E-state index in [1.54, 1.807) is 0 Å². The summed E-state index contributed by atoms with van der Waals surface area (Å²) in [7, 11) is 4.48. The molecule has 130 valence electrons. The van der Waals surface area contributed by atoms with Crippen LogP contribution in [-0.2, 0) is 9.53 Å². The predicted octanol–water partition coefficient (Wildman–Crippen LogP) is 4.05. The van der Waals surface area contributed by atoms with Gasteiger partial charge in [-0.1, -0.05) is 50.6 Å². The fourth-order valence-corrected chi connectivity index (χ4v) is 3.19. The molecule has 0 N–H and O–H groups in total. The molecule has 1 saturated heterocycles. The SMILES string of the molecule is CCC(C)C(C(=O)OC1CC[N+](C)(C)CC1)c1ccccc1.[CH3-]. The van der Waals surface area contributed by atoms with Gasteiger partial charge in [-0.15, -0.1) is 0 Å². The molecular weight excluding hydrogens is 286 g/mol. The second kappa shape index (κ2) is 8.49. The number of piperidine rings is 1. The van der Waals surface area contributed by atoms with Gasteiger partial charge in [0.15, 0.2) is 0 Å². The molecule has 1 aliphatic heterocycles. The first-order valence-electron chi connectivity index (χ1n) is 8.50. The number of rotatable bonds is 5. The molecule has 0 radical (unpaired) electrons. The number of quaternary nitrogens is 1. The van der Waals surface area contributed by atoms with Gasteiger partial charge < -0.3 is 16.6 Å². The Morgan fingerprint density at radius 3 is 2.30 bits per heavy atom. The van der Waals surface area contributed by atoms with E-state index in [1.165, 1.54) is 0 Å². The molecule has 1 aromatic carbocycles. The molecule has 2 rings (SSSR count). The quantitative estimate of drug-likeness (QED) is 0.465. The van der Waals surface area contributed by atoms with Crippen LogP contribution >= 0.6 is 0 Å². The topological polar surface area (TPSA) is 26.3 Å². The highest BCUT2D eigenvalue weighted by Crippen LogP contribution is 2.30. The van der Waals surface area contributed by atoms with Crippen LogP contribution in [0.15, 0.2) is 30.3 Å². The van der Waals surface area contributed by atoms with Gasteiger partial charge in [0.2, 0.25) is 0 Å². The van der Waals surface area contributed by atoms with E-state index in [4.69, 9.17) is 4.74 Å². The minimum Gasteiger partial charge on any atom is -0.461 e. The van der Waals surface area contributed by atoms with Crippen molar-refractivity contribution in [2.45, 2.75) is 45.1 Å². The number of carbonyl (C=O) groups excluding carboxylic acids is 1. The van der Waals surface area contributed by atoms with Crippen molar-refractivity contribution in [2.24, 2.45) is 5.92 Å². The average Bonchev–Trinajstić information content (AvgIpc) is 2.50. The molecule has 0 saturated carbocycles. The number of nitrogens with zero attached hydrogens (tertiary/aromatic N) is 1. The van der Waals surface area contributed by atoms with Crippen LogP contribution in [-0.4, -0.2) is 43.7 Å². The normalized spacial score (nSPS) is 20.2. The number of carbonyl (C=O) groups is 1. The van der Waals surface area contributed by atoms with Gasteiger partial charge in [0.1, 0.15) is 6.10 Å². The smallest absolute Gasteiger partial charge is 0.313 e. The third-order valence-electron chi connectivity index (χ3n) is 5.02. The van der Waals surface area contributed by atoms with Crippen LogP contribution in [0.1, 0.15) is 44.6 Å². The largest absolute Gasteiger partial charge is 0.461 e. The lowest BCUT2D eigenvalue weighted by Crippen LogP contribution is -2.48. The van der Waals surface area contributed by atoms with E-state index in [2.05, 4.69) is 27.9 Å². The Bertz CT molecular complexity index is 474. The number of esters is 1. The molecule has 3 heteroatoms. The van der Waals surface area contributed by atoms with Crippen molar-refractivity contribution in [3.8, 4) is 0 Å². The summed E-state index contributed by atoms with van der Waals surface area (Å²) < 4.78 is 6.90. The van der Waals surface area contributed by atoms with Crippen LogP contribution in [0.25, 0.3) is 0 Å². The van der Waals surface area contributed by atoms with Gasteiger partial charge in [0.25, 0.3) is 0 Å². The minimum atomic E-state index is -0.143. The molecule has 0 spiro atoms. The molecule has 1 fully saturated rings. The summed E-state index contributed by atoms with van der Waals surface area (Å²) in [6, 6.07) is 10.1. The highest BCUT2D eigenvalue weighted by molar-refractivity contribution is 5.78. The predicted molar refractivity (Wildman–Crippen MR) is 96.0 cm³/mol. The van der Waals surface area contributed by atoms with E-state index in [1.807, 2.05) is 30.3 Å². The van der Waals surface area contributed by atoms with E-state index in [0.29, 0.717) is 5.92 Å². The Morgan fingerprint density at radius 2 is 1.78 bits per heavy atom. The highest BCUT2D eigenvalue weighted by atomic mass is 16.5. The number of likely N-dealkylation sites (tertiary alicyclic amines) is 1. The van der Waals surface area contributed by atoms with Gasteiger partial charge in [-0.25, -0.2) is 0 Å². The zero-order valence-corrected chi connectivity index (χ0v) is 15.4. The molecule has 1 aromatic rings. The van der Waals surface area contributed by atoms with E-state index in [9.17, 15) is 4.79 Å². The maximum atomic E-state index is 12.7. The highest BCUT2D eigenvalue weighted by Gasteiger charge is 2.33. The second-order valence-corrected chi connectivity index (χ2v) is 7.29. The van der Waals surface area contributed by atoms with Crippen molar-refractivity contribution in [1.82, 2.24) is 0 Å². The van der Waals surface area contributed by atoms with Crippen molar-refractivity contribution in [3.63, 3.8) is 0 Å². The lowest BCUT2D eigenvalue weighted by atomic mass is 9.85. The van der Waals surface area contributed by atoms with Crippen molar-refractivity contribution >= 4 is 5.97 Å².